The highest BCUT2D eigenvalue weighted by Gasteiger charge is 2.30. The summed E-state index contributed by atoms with van der Waals surface area (Å²) in [4.78, 5) is 35.6. The third kappa shape index (κ3) is 4.16. The lowest BCUT2D eigenvalue weighted by Gasteiger charge is -2.26. The Labute approximate surface area is 200 Å². The van der Waals surface area contributed by atoms with Crippen molar-refractivity contribution in [2.75, 3.05) is 31.6 Å². The van der Waals surface area contributed by atoms with E-state index in [4.69, 9.17) is 9.72 Å². The number of aromatic nitrogens is 4. The molecule has 0 aliphatic carbocycles. The van der Waals surface area contributed by atoms with E-state index in [1.165, 1.54) is 5.56 Å². The Kier molecular flexibility index (Phi) is 5.49. The van der Waals surface area contributed by atoms with E-state index in [9.17, 15) is 9.59 Å². The minimum Gasteiger partial charge on any atom is -0.379 e. The number of amides is 2. The molecule has 5 N–H and O–H groups in total. The second-order valence-electron chi connectivity index (χ2n) is 8.58. The monoisotopic (exact) mass is 472 g/mol. The molecule has 2 aliphatic heterocycles. The van der Waals surface area contributed by atoms with Crippen LogP contribution in [0.25, 0.3) is 22.6 Å². The molecule has 2 aromatic heterocycles. The second-order valence-corrected chi connectivity index (χ2v) is 8.58. The second kappa shape index (κ2) is 8.95. The molecular weight excluding hydrogens is 448 g/mol. The summed E-state index contributed by atoms with van der Waals surface area (Å²) >= 11 is 0. The fourth-order valence-electron chi connectivity index (χ4n) is 4.50. The molecule has 1 unspecified atom stereocenters. The van der Waals surface area contributed by atoms with Gasteiger partial charge in [0.05, 0.1) is 29.9 Å². The number of nitrogens with zero attached hydrogens (tertiary/aromatic N) is 3. The normalized spacial score (nSPS) is 18.3. The van der Waals surface area contributed by atoms with Crippen molar-refractivity contribution in [3.63, 3.8) is 0 Å². The first kappa shape index (κ1) is 21.5. The van der Waals surface area contributed by atoms with Crippen molar-refractivity contribution >= 4 is 28.5 Å². The molecule has 0 saturated carbocycles. The summed E-state index contributed by atoms with van der Waals surface area (Å²) in [6.45, 7) is 4.21. The predicted octanol–water partition coefficient (Wildman–Crippen LogP) is 1.71. The number of ether oxygens (including phenoxy) is 1. The summed E-state index contributed by atoms with van der Waals surface area (Å²) in [5.41, 5.74) is 10.3. The van der Waals surface area contributed by atoms with Gasteiger partial charge in [0.2, 0.25) is 5.91 Å². The molecule has 4 heterocycles. The van der Waals surface area contributed by atoms with E-state index in [0.717, 1.165) is 43.9 Å². The van der Waals surface area contributed by atoms with Crippen LogP contribution in [0.5, 0.6) is 0 Å². The van der Waals surface area contributed by atoms with Crippen molar-refractivity contribution in [2.45, 2.75) is 12.6 Å². The van der Waals surface area contributed by atoms with Gasteiger partial charge in [0.15, 0.2) is 11.5 Å². The Morgan fingerprint density at radius 1 is 1.17 bits per heavy atom. The number of benzene rings is 2. The molecule has 1 atom stereocenters. The third-order valence-electron chi connectivity index (χ3n) is 6.29. The van der Waals surface area contributed by atoms with E-state index in [1.807, 2.05) is 6.07 Å². The highest BCUT2D eigenvalue weighted by molar-refractivity contribution is 6.03. The standard InChI is InChI=1S/C24H24N8O3/c33-23-16-4-2-1-3-15(16)20(30-31-23)24(34)28-19-12-25-29-21(19)22-26-17-6-5-14(11-18(17)27-22)13-32-7-9-35-10-8-32/h1-6,11-12,20,30H,7-10,13H2,(H,25,29)(H,26,27)(H,28,34)(H,31,33). The van der Waals surface area contributed by atoms with Gasteiger partial charge in [-0.1, -0.05) is 24.3 Å². The van der Waals surface area contributed by atoms with Gasteiger partial charge in [0, 0.05) is 31.4 Å². The first-order chi connectivity index (χ1) is 17.2. The number of anilines is 1. The van der Waals surface area contributed by atoms with Crippen LogP contribution in [0.4, 0.5) is 5.69 Å². The van der Waals surface area contributed by atoms with E-state index in [1.54, 1.807) is 30.5 Å². The zero-order valence-corrected chi connectivity index (χ0v) is 18.8. The van der Waals surface area contributed by atoms with Crippen LogP contribution in [0.1, 0.15) is 27.5 Å². The number of H-pyrrole nitrogens is 2. The summed E-state index contributed by atoms with van der Waals surface area (Å²) in [6.07, 6.45) is 1.61. The molecule has 6 rings (SSSR count). The van der Waals surface area contributed by atoms with E-state index in [0.29, 0.717) is 28.3 Å². The molecule has 2 aromatic carbocycles. The maximum atomic E-state index is 13.1. The Morgan fingerprint density at radius 2 is 2.03 bits per heavy atom. The number of hydrogen-bond acceptors (Lipinski definition) is 7. The van der Waals surface area contributed by atoms with Crippen molar-refractivity contribution in [1.82, 2.24) is 35.9 Å². The van der Waals surface area contributed by atoms with Crippen LogP contribution in [0, 0.1) is 0 Å². The van der Waals surface area contributed by atoms with Gasteiger partial charge in [0.1, 0.15) is 6.04 Å². The fourth-order valence-corrected chi connectivity index (χ4v) is 4.50. The van der Waals surface area contributed by atoms with Crippen molar-refractivity contribution in [3.05, 3.63) is 65.4 Å². The SMILES string of the molecule is O=C1NNC(C(=O)Nc2c[nH]nc2-c2nc3cc(CN4CCOCC4)ccc3[nH]2)c2ccccc21. The molecule has 1 fully saturated rings. The van der Waals surface area contributed by atoms with Crippen LogP contribution in [-0.4, -0.2) is 63.2 Å². The summed E-state index contributed by atoms with van der Waals surface area (Å²) in [7, 11) is 0. The highest BCUT2D eigenvalue weighted by Crippen LogP contribution is 2.28. The Hall–Kier alpha value is -4.06. The van der Waals surface area contributed by atoms with Gasteiger partial charge in [-0.2, -0.15) is 5.10 Å². The van der Waals surface area contributed by atoms with Gasteiger partial charge in [-0.3, -0.25) is 25.0 Å². The molecule has 0 spiro atoms. The molecule has 0 radical (unpaired) electrons. The minimum atomic E-state index is -0.745. The lowest BCUT2D eigenvalue weighted by Crippen LogP contribution is -2.49. The van der Waals surface area contributed by atoms with Gasteiger partial charge in [-0.15, -0.1) is 0 Å². The number of hydrazine groups is 1. The molecule has 1 saturated heterocycles. The summed E-state index contributed by atoms with van der Waals surface area (Å²) in [5.74, 6) is -0.0571. The Balaban J connectivity index is 1.23. The number of morpholine rings is 1. The third-order valence-corrected chi connectivity index (χ3v) is 6.29. The van der Waals surface area contributed by atoms with Crippen LogP contribution < -0.4 is 16.2 Å². The molecule has 4 aromatic rings. The predicted molar refractivity (Wildman–Crippen MR) is 128 cm³/mol. The van der Waals surface area contributed by atoms with Crippen molar-refractivity contribution < 1.29 is 14.3 Å². The Bertz CT molecular complexity index is 1400. The number of rotatable bonds is 5. The average Bonchev–Trinajstić information content (AvgIpc) is 3.51. The summed E-state index contributed by atoms with van der Waals surface area (Å²) in [6, 6.07) is 12.4. The highest BCUT2D eigenvalue weighted by atomic mass is 16.5. The molecule has 178 valence electrons. The first-order valence-electron chi connectivity index (χ1n) is 11.4. The fraction of sp³-hybridized carbons (Fsp3) is 0.250. The number of carbonyl (C=O) groups is 2. The maximum Gasteiger partial charge on any atom is 0.265 e. The number of nitrogens with one attached hydrogen (secondary N) is 5. The van der Waals surface area contributed by atoms with Crippen LogP contribution in [0.2, 0.25) is 0 Å². The van der Waals surface area contributed by atoms with E-state index in [-0.39, 0.29) is 11.8 Å². The van der Waals surface area contributed by atoms with E-state index in [2.05, 4.69) is 48.4 Å². The largest absolute Gasteiger partial charge is 0.379 e. The molecule has 2 aliphatic rings. The number of aromatic amines is 2. The lowest BCUT2D eigenvalue weighted by molar-refractivity contribution is -0.118. The number of carbonyl (C=O) groups excluding carboxylic acids is 2. The number of imidazole rings is 1. The molecule has 2 amide bonds. The minimum absolute atomic E-state index is 0.274. The quantitative estimate of drug-likeness (QED) is 0.298. The van der Waals surface area contributed by atoms with Crippen LogP contribution in [0.3, 0.4) is 0 Å². The van der Waals surface area contributed by atoms with Gasteiger partial charge in [-0.05, 0) is 29.3 Å². The summed E-state index contributed by atoms with van der Waals surface area (Å²) in [5, 5.41) is 10.0. The smallest absolute Gasteiger partial charge is 0.265 e. The van der Waals surface area contributed by atoms with Gasteiger partial charge < -0.3 is 15.0 Å². The lowest BCUT2D eigenvalue weighted by atomic mass is 9.98. The van der Waals surface area contributed by atoms with Crippen LogP contribution >= 0.6 is 0 Å². The Morgan fingerprint density at radius 3 is 2.91 bits per heavy atom. The first-order valence-corrected chi connectivity index (χ1v) is 11.4. The molecule has 11 heteroatoms. The topological polar surface area (TPSA) is 140 Å². The maximum absolute atomic E-state index is 13.1. The van der Waals surface area contributed by atoms with Crippen molar-refractivity contribution in [1.29, 1.82) is 0 Å². The van der Waals surface area contributed by atoms with Crippen LogP contribution in [0.15, 0.2) is 48.7 Å². The van der Waals surface area contributed by atoms with Gasteiger partial charge in [0.25, 0.3) is 5.91 Å². The average molecular weight is 473 g/mol. The van der Waals surface area contributed by atoms with Gasteiger partial charge in [-0.25, -0.2) is 10.4 Å². The van der Waals surface area contributed by atoms with Crippen molar-refractivity contribution in [3.8, 4) is 11.5 Å². The molecule has 11 nitrogen and oxygen atoms in total. The van der Waals surface area contributed by atoms with Crippen molar-refractivity contribution in [2.24, 2.45) is 0 Å². The summed E-state index contributed by atoms with van der Waals surface area (Å²) < 4.78 is 5.43. The number of fused-ring (bicyclic) bond motifs is 2. The number of hydrogen-bond donors (Lipinski definition) is 5. The molecule has 35 heavy (non-hydrogen) atoms. The van der Waals surface area contributed by atoms with E-state index >= 15 is 0 Å². The van der Waals surface area contributed by atoms with E-state index < -0.39 is 6.04 Å². The molecule has 0 bridgehead atoms. The van der Waals surface area contributed by atoms with Gasteiger partial charge >= 0.3 is 0 Å². The molecular formula is C24H24N8O3. The zero-order chi connectivity index (χ0) is 23.8. The van der Waals surface area contributed by atoms with Crippen LogP contribution in [-0.2, 0) is 16.1 Å². The zero-order valence-electron chi connectivity index (χ0n) is 18.8.